The number of hydrogen-bond donors (Lipinski definition) is 3. The monoisotopic (exact) mass is 503 g/mol. The first-order chi connectivity index (χ1) is 16.4. The molecule has 1 saturated heterocycles. The van der Waals surface area contributed by atoms with E-state index in [1.165, 1.54) is 12.1 Å². The molecule has 0 bridgehead atoms. The number of aromatic nitrogens is 3. The number of nitrogen functional groups attached to an aromatic ring is 1. The zero-order valence-corrected chi connectivity index (χ0v) is 20.1. The van der Waals surface area contributed by atoms with E-state index in [-0.39, 0.29) is 37.4 Å². The molecular weight excluding hydrogens is 480 g/mol. The summed E-state index contributed by atoms with van der Waals surface area (Å²) in [5.74, 6) is 0.140. The second kappa shape index (κ2) is 9.18. The van der Waals surface area contributed by atoms with Gasteiger partial charge in [-0.25, -0.2) is 23.7 Å². The summed E-state index contributed by atoms with van der Waals surface area (Å²) in [6.07, 6.45) is 1.77. The maximum absolute atomic E-state index is 16.2. The molecule has 5 rings (SSSR count). The first-order valence-electron chi connectivity index (χ1n) is 11.0. The van der Waals surface area contributed by atoms with Crippen molar-refractivity contribution in [3.8, 4) is 11.1 Å². The molecule has 0 aliphatic carbocycles. The van der Waals surface area contributed by atoms with Gasteiger partial charge in [-0.05, 0) is 51.2 Å². The Morgan fingerprint density at radius 3 is 2.68 bits per heavy atom. The molecule has 1 aliphatic rings. The van der Waals surface area contributed by atoms with Gasteiger partial charge in [0.2, 0.25) is 0 Å². The number of piperidine rings is 1. The molecule has 2 aromatic heterocycles. The zero-order chi connectivity index (χ0) is 24.0. The zero-order valence-electron chi connectivity index (χ0n) is 18.5. The van der Waals surface area contributed by atoms with Crippen LogP contribution in [0.4, 0.5) is 19.7 Å². The Balaban J connectivity index is 1.73. The van der Waals surface area contributed by atoms with Crippen LogP contribution in [0, 0.1) is 11.6 Å². The van der Waals surface area contributed by atoms with Gasteiger partial charge >= 0.3 is 0 Å². The van der Waals surface area contributed by atoms with Crippen LogP contribution in [0.3, 0.4) is 0 Å². The minimum Gasteiger partial charge on any atom is -0.375 e. The van der Waals surface area contributed by atoms with Gasteiger partial charge in [0.05, 0.1) is 15.2 Å². The van der Waals surface area contributed by atoms with Gasteiger partial charge in [0.1, 0.15) is 23.0 Å². The molecular formula is C23H24ClF2N7S. The van der Waals surface area contributed by atoms with Gasteiger partial charge < -0.3 is 21.7 Å². The average Bonchev–Trinajstić information content (AvgIpc) is 3.22. The molecule has 34 heavy (non-hydrogen) atoms. The second-order valence-electron chi connectivity index (χ2n) is 8.49. The van der Waals surface area contributed by atoms with Crippen LogP contribution in [0.15, 0.2) is 18.2 Å². The molecule has 5 N–H and O–H groups in total. The fourth-order valence-corrected chi connectivity index (χ4v) is 5.49. The van der Waals surface area contributed by atoms with E-state index in [1.807, 2.05) is 0 Å². The van der Waals surface area contributed by atoms with Gasteiger partial charge in [0, 0.05) is 35.5 Å². The highest BCUT2D eigenvalue weighted by Crippen LogP contribution is 2.42. The molecule has 1 aliphatic heterocycles. The molecule has 0 amide bonds. The number of rotatable bonds is 5. The van der Waals surface area contributed by atoms with Crippen LogP contribution >= 0.6 is 22.9 Å². The Morgan fingerprint density at radius 1 is 1.18 bits per heavy atom. The van der Waals surface area contributed by atoms with Crippen molar-refractivity contribution >= 4 is 55.0 Å². The summed E-state index contributed by atoms with van der Waals surface area (Å²) in [7, 11) is 2.08. The molecule has 7 nitrogen and oxygen atoms in total. The summed E-state index contributed by atoms with van der Waals surface area (Å²) >= 11 is 7.61. The van der Waals surface area contributed by atoms with Crippen molar-refractivity contribution in [1.29, 1.82) is 0 Å². The Hall–Kier alpha value is -2.66. The van der Waals surface area contributed by atoms with Crippen molar-refractivity contribution in [3.05, 3.63) is 40.7 Å². The normalized spacial score (nSPS) is 15.4. The predicted octanol–water partition coefficient (Wildman–Crippen LogP) is 4.60. The molecule has 11 heteroatoms. The van der Waals surface area contributed by atoms with E-state index in [1.54, 1.807) is 6.07 Å². The van der Waals surface area contributed by atoms with Gasteiger partial charge in [-0.3, -0.25) is 0 Å². The van der Waals surface area contributed by atoms with E-state index in [2.05, 4.69) is 27.2 Å². The predicted molar refractivity (Wildman–Crippen MR) is 135 cm³/mol. The second-order valence-corrected chi connectivity index (χ2v) is 9.93. The Kier molecular flexibility index (Phi) is 6.24. The lowest BCUT2D eigenvalue weighted by molar-refractivity contribution is 0.251. The Morgan fingerprint density at radius 2 is 1.94 bits per heavy atom. The first kappa shape index (κ1) is 23.1. The Labute approximate surface area is 204 Å². The molecule has 3 heterocycles. The number of halogens is 3. The number of benzene rings is 2. The smallest absolute Gasteiger partial charge is 0.181 e. The van der Waals surface area contributed by atoms with Gasteiger partial charge in [0.25, 0.3) is 0 Å². The molecule has 0 radical (unpaired) electrons. The highest BCUT2D eigenvalue weighted by atomic mass is 35.5. The van der Waals surface area contributed by atoms with Gasteiger partial charge in [0.15, 0.2) is 10.9 Å². The van der Waals surface area contributed by atoms with Crippen molar-refractivity contribution in [2.45, 2.75) is 18.8 Å². The molecule has 0 unspecified atom stereocenters. The molecule has 178 valence electrons. The summed E-state index contributed by atoms with van der Waals surface area (Å²) in [4.78, 5) is 15.9. The van der Waals surface area contributed by atoms with Gasteiger partial charge in [-0.1, -0.05) is 22.9 Å². The number of anilines is 2. The van der Waals surface area contributed by atoms with E-state index in [0.717, 1.165) is 37.3 Å². The lowest BCUT2D eigenvalue weighted by Crippen LogP contribution is -2.30. The molecule has 2 aromatic carbocycles. The first-order valence-corrected chi connectivity index (χ1v) is 12.2. The van der Waals surface area contributed by atoms with Gasteiger partial charge in [-0.15, -0.1) is 0 Å². The lowest BCUT2D eigenvalue weighted by atomic mass is 9.95. The van der Waals surface area contributed by atoms with Crippen LogP contribution in [0.25, 0.3) is 32.2 Å². The number of fused-ring (bicyclic) bond motifs is 2. The minimum atomic E-state index is -0.602. The minimum absolute atomic E-state index is 0.113. The summed E-state index contributed by atoms with van der Waals surface area (Å²) in [5, 5.41) is 4.00. The summed E-state index contributed by atoms with van der Waals surface area (Å²) in [5.41, 5.74) is 12.4. The fourth-order valence-electron chi connectivity index (χ4n) is 4.43. The lowest BCUT2D eigenvalue weighted by Gasteiger charge is -2.28. The standard InChI is InChI=1S/C23H24ClF2N7S/c1-33-8-4-11(5-9-33)21-30-18-13(22(32-21)29-7-6-27)10-14(24)16(17(18)26)12-2-3-15(25)20-19(12)31-23(28)34-20/h2-3,10-11H,4-9,27H2,1H3,(H2,28,31)(H,29,30,32). The van der Waals surface area contributed by atoms with Gasteiger partial charge in [-0.2, -0.15) is 0 Å². The highest BCUT2D eigenvalue weighted by Gasteiger charge is 2.26. The molecule has 0 saturated carbocycles. The molecule has 0 spiro atoms. The topological polar surface area (TPSA) is 106 Å². The summed E-state index contributed by atoms with van der Waals surface area (Å²) in [6, 6.07) is 4.38. The number of nitrogens with one attached hydrogen (secondary N) is 1. The number of thiazole rings is 1. The largest absolute Gasteiger partial charge is 0.375 e. The van der Waals surface area contributed by atoms with Crippen molar-refractivity contribution in [2.75, 3.05) is 44.3 Å². The molecule has 0 atom stereocenters. The van der Waals surface area contributed by atoms with Crippen LogP contribution in [0.2, 0.25) is 5.02 Å². The van der Waals surface area contributed by atoms with Crippen molar-refractivity contribution in [3.63, 3.8) is 0 Å². The number of nitrogens with two attached hydrogens (primary N) is 2. The Bertz CT molecular complexity index is 1390. The van der Waals surface area contributed by atoms with E-state index >= 15 is 4.39 Å². The molecule has 1 fully saturated rings. The van der Waals surface area contributed by atoms with E-state index < -0.39 is 11.6 Å². The quantitative estimate of drug-likeness (QED) is 0.365. The van der Waals surface area contributed by atoms with E-state index in [9.17, 15) is 4.39 Å². The maximum atomic E-state index is 16.2. The van der Waals surface area contributed by atoms with Crippen molar-refractivity contribution in [1.82, 2.24) is 19.9 Å². The van der Waals surface area contributed by atoms with E-state index in [4.69, 9.17) is 28.1 Å². The molecule has 4 aromatic rings. The fraction of sp³-hybridized carbons (Fsp3) is 0.348. The number of nitrogens with zero attached hydrogens (tertiary/aromatic N) is 4. The third-order valence-corrected chi connectivity index (χ3v) is 7.39. The van der Waals surface area contributed by atoms with Crippen LogP contribution in [-0.2, 0) is 0 Å². The van der Waals surface area contributed by atoms with E-state index in [0.29, 0.717) is 35.7 Å². The maximum Gasteiger partial charge on any atom is 0.181 e. The van der Waals surface area contributed by atoms with Crippen LogP contribution in [0.1, 0.15) is 24.6 Å². The summed E-state index contributed by atoms with van der Waals surface area (Å²) < 4.78 is 30.8. The average molecular weight is 504 g/mol. The third-order valence-electron chi connectivity index (χ3n) is 6.20. The van der Waals surface area contributed by atoms with Crippen LogP contribution in [-0.4, -0.2) is 53.1 Å². The van der Waals surface area contributed by atoms with Crippen molar-refractivity contribution < 1.29 is 8.78 Å². The third kappa shape index (κ3) is 4.04. The number of likely N-dealkylation sites (tertiary alicyclic amines) is 1. The SMILES string of the molecule is CN1CCC(c2nc(NCCN)c3cc(Cl)c(-c4ccc(F)c5sc(N)nc45)c(F)c3n2)CC1. The van der Waals surface area contributed by atoms with Crippen LogP contribution < -0.4 is 16.8 Å². The van der Waals surface area contributed by atoms with Crippen LogP contribution in [0.5, 0.6) is 0 Å². The number of hydrogen-bond acceptors (Lipinski definition) is 8. The highest BCUT2D eigenvalue weighted by molar-refractivity contribution is 7.22. The summed E-state index contributed by atoms with van der Waals surface area (Å²) in [6.45, 7) is 2.70. The van der Waals surface area contributed by atoms with Crippen molar-refractivity contribution in [2.24, 2.45) is 5.73 Å².